The van der Waals surface area contributed by atoms with E-state index in [1.807, 2.05) is 30.4 Å². The average molecular weight is 251 g/mol. The Labute approximate surface area is 111 Å². The van der Waals surface area contributed by atoms with Crippen LogP contribution in [-0.2, 0) is 10.4 Å². The number of fused-ring (bicyclic) bond motifs is 4. The van der Waals surface area contributed by atoms with E-state index < -0.39 is 0 Å². The van der Waals surface area contributed by atoms with Gasteiger partial charge >= 0.3 is 0 Å². The van der Waals surface area contributed by atoms with E-state index in [0.717, 1.165) is 17.7 Å². The molecule has 1 N–H and O–H groups in total. The molecule has 2 aliphatic heterocycles. The molecule has 1 atom stereocenters. The predicted molar refractivity (Wildman–Crippen MR) is 73.4 cm³/mol. The van der Waals surface area contributed by atoms with Crippen LogP contribution in [0.15, 0.2) is 61.1 Å². The molecule has 3 heteroatoms. The number of nitrogens with one attached hydrogen (secondary N) is 1. The van der Waals surface area contributed by atoms with Crippen LogP contribution in [0.25, 0.3) is 10.8 Å². The Kier molecular flexibility index (Phi) is 2.17. The summed E-state index contributed by atoms with van der Waals surface area (Å²) in [7, 11) is 0. The minimum Gasteiger partial charge on any atom is -0.465 e. The molecule has 4 rings (SSSR count). The highest BCUT2D eigenvalue weighted by molar-refractivity contribution is 5.89. The standard InChI is InChI=1S/C16H13NO2/c1-2-5-13-12(4-1)6-7-14-15(13)16(9-11-18-14)8-3-10-19-17-16/h1-7,9-11,17H,8H2. The van der Waals surface area contributed by atoms with Gasteiger partial charge in [-0.1, -0.05) is 30.3 Å². The summed E-state index contributed by atoms with van der Waals surface area (Å²) in [6.45, 7) is 0. The molecule has 2 aromatic rings. The summed E-state index contributed by atoms with van der Waals surface area (Å²) < 4.78 is 5.66. The highest BCUT2D eigenvalue weighted by atomic mass is 16.6. The lowest BCUT2D eigenvalue weighted by molar-refractivity contribution is 0.0475. The van der Waals surface area contributed by atoms with Gasteiger partial charge in [0.2, 0.25) is 0 Å². The lowest BCUT2D eigenvalue weighted by atomic mass is 9.82. The second-order valence-corrected chi connectivity index (χ2v) is 4.85. The molecule has 0 saturated carbocycles. The van der Waals surface area contributed by atoms with E-state index in [9.17, 15) is 0 Å². The van der Waals surface area contributed by atoms with Crippen LogP contribution >= 0.6 is 0 Å². The molecule has 0 radical (unpaired) electrons. The Morgan fingerprint density at radius 1 is 1.05 bits per heavy atom. The van der Waals surface area contributed by atoms with Crippen LogP contribution in [0.3, 0.4) is 0 Å². The van der Waals surface area contributed by atoms with Crippen molar-refractivity contribution in [2.75, 3.05) is 0 Å². The first-order valence-corrected chi connectivity index (χ1v) is 6.33. The Bertz CT molecular complexity index is 705. The number of rotatable bonds is 0. The van der Waals surface area contributed by atoms with E-state index in [4.69, 9.17) is 9.57 Å². The molecular weight excluding hydrogens is 238 g/mol. The van der Waals surface area contributed by atoms with Gasteiger partial charge in [0.1, 0.15) is 17.6 Å². The van der Waals surface area contributed by atoms with Crippen molar-refractivity contribution >= 4 is 10.8 Å². The number of hydroxylamine groups is 1. The largest absolute Gasteiger partial charge is 0.465 e. The van der Waals surface area contributed by atoms with Crippen molar-refractivity contribution in [3.63, 3.8) is 0 Å². The maximum Gasteiger partial charge on any atom is 0.132 e. The minimum atomic E-state index is -0.344. The van der Waals surface area contributed by atoms with Crippen molar-refractivity contribution in [3.8, 4) is 5.75 Å². The van der Waals surface area contributed by atoms with Gasteiger partial charge in [0.05, 0.1) is 6.26 Å². The summed E-state index contributed by atoms with van der Waals surface area (Å²) in [6.07, 6.45) is 8.29. The van der Waals surface area contributed by atoms with Gasteiger partial charge in [0, 0.05) is 5.56 Å². The number of ether oxygens (including phenoxy) is 1. The molecule has 2 aromatic carbocycles. The van der Waals surface area contributed by atoms with E-state index in [0.29, 0.717) is 0 Å². The highest BCUT2D eigenvalue weighted by Gasteiger charge is 2.37. The summed E-state index contributed by atoms with van der Waals surface area (Å²) in [6, 6.07) is 12.4. The molecular formula is C16H13NO2. The van der Waals surface area contributed by atoms with E-state index >= 15 is 0 Å². The molecule has 3 nitrogen and oxygen atoms in total. The normalized spacial score (nSPS) is 24.0. The first-order chi connectivity index (χ1) is 9.39. The molecule has 0 aromatic heterocycles. The minimum absolute atomic E-state index is 0.344. The summed E-state index contributed by atoms with van der Waals surface area (Å²) in [5.74, 6) is 0.882. The van der Waals surface area contributed by atoms with Gasteiger partial charge in [-0.05, 0) is 35.4 Å². The van der Waals surface area contributed by atoms with Gasteiger partial charge in [-0.3, -0.25) is 0 Å². The zero-order chi connectivity index (χ0) is 12.7. The Morgan fingerprint density at radius 3 is 2.89 bits per heavy atom. The SMILES string of the molecule is C1=CONC2(C=COc3ccc4ccccc4c32)C1. The van der Waals surface area contributed by atoms with Crippen LogP contribution in [0.1, 0.15) is 12.0 Å². The lowest BCUT2D eigenvalue weighted by Gasteiger charge is -2.36. The van der Waals surface area contributed by atoms with Gasteiger partial charge in [0.25, 0.3) is 0 Å². The van der Waals surface area contributed by atoms with Crippen LogP contribution in [0.4, 0.5) is 0 Å². The number of hydrogen-bond acceptors (Lipinski definition) is 3. The van der Waals surface area contributed by atoms with Crippen LogP contribution in [0.2, 0.25) is 0 Å². The molecule has 0 fully saturated rings. The van der Waals surface area contributed by atoms with Crippen molar-refractivity contribution in [2.45, 2.75) is 12.0 Å². The summed E-state index contributed by atoms with van der Waals surface area (Å²) >= 11 is 0. The van der Waals surface area contributed by atoms with Gasteiger partial charge in [0.15, 0.2) is 0 Å². The van der Waals surface area contributed by atoms with Crippen LogP contribution in [-0.4, -0.2) is 0 Å². The van der Waals surface area contributed by atoms with Gasteiger partial charge in [-0.2, -0.15) is 0 Å². The number of hydrogen-bond donors (Lipinski definition) is 1. The quantitative estimate of drug-likeness (QED) is 0.778. The topological polar surface area (TPSA) is 30.5 Å². The van der Waals surface area contributed by atoms with Crippen molar-refractivity contribution < 1.29 is 9.57 Å². The Morgan fingerprint density at radius 2 is 2.00 bits per heavy atom. The molecule has 0 amide bonds. The first-order valence-electron chi connectivity index (χ1n) is 6.33. The first kappa shape index (κ1) is 10.6. The molecule has 0 aliphatic carbocycles. The van der Waals surface area contributed by atoms with E-state index in [2.05, 4.69) is 23.7 Å². The smallest absolute Gasteiger partial charge is 0.132 e. The fraction of sp³-hybridized carbons (Fsp3) is 0.125. The zero-order valence-corrected chi connectivity index (χ0v) is 10.3. The van der Waals surface area contributed by atoms with E-state index in [1.165, 1.54) is 10.8 Å². The van der Waals surface area contributed by atoms with Crippen molar-refractivity contribution in [3.05, 3.63) is 66.6 Å². The molecule has 1 unspecified atom stereocenters. The maximum absolute atomic E-state index is 5.66. The Balaban J connectivity index is 2.05. The Hall–Kier alpha value is -2.26. The monoisotopic (exact) mass is 251 g/mol. The molecule has 1 spiro atoms. The summed E-state index contributed by atoms with van der Waals surface area (Å²) in [4.78, 5) is 5.33. The van der Waals surface area contributed by atoms with Gasteiger partial charge < -0.3 is 9.57 Å². The predicted octanol–water partition coefficient (Wildman–Crippen LogP) is 3.38. The third-order valence-corrected chi connectivity index (χ3v) is 3.73. The van der Waals surface area contributed by atoms with Crippen LogP contribution < -0.4 is 10.2 Å². The second-order valence-electron chi connectivity index (χ2n) is 4.85. The second kappa shape index (κ2) is 3.87. The fourth-order valence-electron chi connectivity index (χ4n) is 2.83. The lowest BCUT2D eigenvalue weighted by Crippen LogP contribution is -2.43. The molecule has 2 aliphatic rings. The molecule has 0 bridgehead atoms. The number of benzene rings is 2. The molecule has 94 valence electrons. The van der Waals surface area contributed by atoms with Crippen molar-refractivity contribution in [1.82, 2.24) is 5.48 Å². The molecule has 19 heavy (non-hydrogen) atoms. The van der Waals surface area contributed by atoms with E-state index in [-0.39, 0.29) is 5.54 Å². The average Bonchev–Trinajstić information content (AvgIpc) is 2.48. The maximum atomic E-state index is 5.66. The van der Waals surface area contributed by atoms with Crippen molar-refractivity contribution in [1.29, 1.82) is 0 Å². The highest BCUT2D eigenvalue weighted by Crippen LogP contribution is 2.43. The van der Waals surface area contributed by atoms with Crippen molar-refractivity contribution in [2.24, 2.45) is 0 Å². The third-order valence-electron chi connectivity index (χ3n) is 3.73. The zero-order valence-electron chi connectivity index (χ0n) is 10.3. The van der Waals surface area contributed by atoms with E-state index in [1.54, 1.807) is 12.5 Å². The molecule has 2 heterocycles. The molecule has 0 saturated heterocycles. The third kappa shape index (κ3) is 1.48. The summed E-state index contributed by atoms with van der Waals surface area (Å²) in [5, 5.41) is 2.40. The van der Waals surface area contributed by atoms with Crippen LogP contribution in [0, 0.1) is 0 Å². The summed E-state index contributed by atoms with van der Waals surface area (Å²) in [5.41, 5.74) is 3.92. The fourth-order valence-corrected chi connectivity index (χ4v) is 2.83. The van der Waals surface area contributed by atoms with Crippen LogP contribution in [0.5, 0.6) is 5.75 Å². The van der Waals surface area contributed by atoms with Gasteiger partial charge in [-0.25, -0.2) is 0 Å². The van der Waals surface area contributed by atoms with Gasteiger partial charge in [-0.15, -0.1) is 5.48 Å².